The van der Waals surface area contributed by atoms with Crippen LogP contribution in [0.3, 0.4) is 0 Å². The first-order valence-electron chi connectivity index (χ1n) is 12.3. The molecule has 2 atom stereocenters. The second-order valence-electron chi connectivity index (χ2n) is 9.06. The van der Waals surface area contributed by atoms with E-state index in [9.17, 15) is 4.39 Å². The molecule has 2 unspecified atom stereocenters. The Morgan fingerprint density at radius 3 is 2.60 bits per heavy atom. The highest BCUT2D eigenvalue weighted by Crippen LogP contribution is 2.61. The summed E-state index contributed by atoms with van der Waals surface area (Å²) in [7, 11) is 0. The number of aromatic nitrogens is 1. The summed E-state index contributed by atoms with van der Waals surface area (Å²) in [4.78, 5) is 8.70. The van der Waals surface area contributed by atoms with Crippen molar-refractivity contribution in [3.63, 3.8) is 0 Å². The number of pyridine rings is 1. The van der Waals surface area contributed by atoms with Gasteiger partial charge in [0, 0.05) is 35.5 Å². The lowest BCUT2D eigenvalue weighted by atomic mass is 9.91. The maximum atomic E-state index is 14.8. The van der Waals surface area contributed by atoms with Crippen molar-refractivity contribution in [2.24, 2.45) is 16.3 Å². The van der Waals surface area contributed by atoms with Crippen LogP contribution in [-0.4, -0.2) is 23.9 Å². The van der Waals surface area contributed by atoms with Gasteiger partial charge in [-0.15, -0.1) is 0 Å². The minimum atomic E-state index is -0.385. The summed E-state index contributed by atoms with van der Waals surface area (Å²) in [6.45, 7) is 17.3. The van der Waals surface area contributed by atoms with Crippen LogP contribution >= 0.6 is 0 Å². The number of aliphatic imine (C=N–C) groups is 1. The van der Waals surface area contributed by atoms with Crippen molar-refractivity contribution in [3.8, 4) is 6.07 Å². The number of hydrogen-bond acceptors (Lipinski definition) is 6. The second-order valence-corrected chi connectivity index (χ2v) is 9.06. The third-order valence-electron chi connectivity index (χ3n) is 6.51. The Balaban J connectivity index is 0.00000100. The van der Waals surface area contributed by atoms with Gasteiger partial charge < -0.3 is 16.0 Å². The van der Waals surface area contributed by atoms with Crippen molar-refractivity contribution < 1.29 is 4.39 Å². The minimum Gasteiger partial charge on any atom is -0.385 e. The van der Waals surface area contributed by atoms with Gasteiger partial charge in [-0.05, 0) is 57.9 Å². The zero-order valence-electron chi connectivity index (χ0n) is 21.9. The molecule has 6 nitrogen and oxygen atoms in total. The average molecular weight is 479 g/mol. The third kappa shape index (κ3) is 7.29. The fraction of sp³-hybridized carbons (Fsp3) is 0.464. The molecule has 3 rings (SSSR count). The van der Waals surface area contributed by atoms with E-state index >= 15 is 0 Å². The lowest BCUT2D eigenvalue weighted by Gasteiger charge is -2.25. The molecule has 0 aromatic carbocycles. The van der Waals surface area contributed by atoms with Gasteiger partial charge in [-0.2, -0.15) is 5.26 Å². The van der Waals surface area contributed by atoms with E-state index in [0.717, 1.165) is 29.3 Å². The molecule has 35 heavy (non-hydrogen) atoms. The lowest BCUT2D eigenvalue weighted by Crippen LogP contribution is -2.34. The number of unbranched alkanes of at least 4 members (excludes halogenated alkanes) is 1. The first kappa shape index (κ1) is 27.8. The van der Waals surface area contributed by atoms with E-state index in [-0.39, 0.29) is 17.2 Å². The first-order valence-corrected chi connectivity index (χ1v) is 12.3. The van der Waals surface area contributed by atoms with E-state index in [0.29, 0.717) is 30.0 Å². The van der Waals surface area contributed by atoms with Gasteiger partial charge in [0.05, 0.1) is 23.6 Å². The zero-order chi connectivity index (χ0) is 26.0. The SMILES string of the molecule is C=C(Nc1ccc(C#N)cn1)C1CC1(CNC1=C(C)NC(C)=NC1)/C(C)=C(F)/C=C\C.CCCC. The van der Waals surface area contributed by atoms with E-state index in [4.69, 9.17) is 5.26 Å². The summed E-state index contributed by atoms with van der Waals surface area (Å²) in [6, 6.07) is 5.51. The molecule has 1 aromatic rings. The molecule has 1 fully saturated rings. The van der Waals surface area contributed by atoms with Crippen molar-refractivity contribution in [1.29, 1.82) is 5.26 Å². The van der Waals surface area contributed by atoms with Crippen LogP contribution in [0.2, 0.25) is 0 Å². The predicted octanol–water partition coefficient (Wildman–Crippen LogP) is 6.35. The van der Waals surface area contributed by atoms with Crippen LogP contribution in [0.15, 0.2) is 70.5 Å². The molecule has 0 saturated heterocycles. The Morgan fingerprint density at radius 2 is 2.06 bits per heavy atom. The molecule has 2 aliphatic rings. The molecular weight excluding hydrogens is 439 g/mol. The minimum absolute atomic E-state index is 0.0520. The standard InChI is InChI=1S/C24H29FN6.C4H10/c1-6-7-21(25)15(2)24(14-29-22-13-27-18(5)30-17(22)4)10-20(24)16(3)31-23-9-8-19(11-26)12-28-23;1-3-4-2/h6-9,12,20,29H,3,10,13-14H2,1-2,4-5H3,(H,27,30)(H,28,31);3-4H2,1-2H3/b7-6-,21-15-;. The molecule has 0 spiro atoms. The van der Waals surface area contributed by atoms with Crippen molar-refractivity contribution in [2.45, 2.75) is 60.8 Å². The van der Waals surface area contributed by atoms with Gasteiger partial charge in [-0.1, -0.05) is 39.3 Å². The van der Waals surface area contributed by atoms with Crippen LogP contribution in [0, 0.1) is 22.7 Å². The van der Waals surface area contributed by atoms with Crippen molar-refractivity contribution in [2.75, 3.05) is 18.4 Å². The number of rotatable bonds is 9. The van der Waals surface area contributed by atoms with E-state index in [2.05, 4.69) is 52.4 Å². The van der Waals surface area contributed by atoms with E-state index in [1.807, 2.05) is 20.8 Å². The van der Waals surface area contributed by atoms with Gasteiger partial charge >= 0.3 is 0 Å². The van der Waals surface area contributed by atoms with Gasteiger partial charge in [0.15, 0.2) is 0 Å². The van der Waals surface area contributed by atoms with Crippen LogP contribution in [-0.2, 0) is 0 Å². The summed E-state index contributed by atoms with van der Waals surface area (Å²) in [5.74, 6) is 1.35. The van der Waals surface area contributed by atoms with Gasteiger partial charge in [0.2, 0.25) is 0 Å². The number of allylic oxidation sites excluding steroid dienone is 5. The number of hydrogen-bond donors (Lipinski definition) is 3. The predicted molar refractivity (Wildman–Crippen MR) is 143 cm³/mol. The van der Waals surface area contributed by atoms with Crippen molar-refractivity contribution in [1.82, 2.24) is 15.6 Å². The molecule has 1 aromatic heterocycles. The van der Waals surface area contributed by atoms with Crippen LogP contribution < -0.4 is 16.0 Å². The fourth-order valence-corrected chi connectivity index (χ4v) is 3.95. The van der Waals surface area contributed by atoms with Gasteiger partial charge in [0.1, 0.15) is 17.7 Å². The molecule has 1 aliphatic carbocycles. The van der Waals surface area contributed by atoms with E-state index in [1.165, 1.54) is 25.1 Å². The normalized spacial score (nSPS) is 21.7. The quantitative estimate of drug-likeness (QED) is 0.360. The number of anilines is 1. The summed E-state index contributed by atoms with van der Waals surface area (Å²) in [5.41, 5.74) is 3.66. The highest BCUT2D eigenvalue weighted by atomic mass is 19.1. The smallest absolute Gasteiger partial charge is 0.130 e. The topological polar surface area (TPSA) is 85.1 Å². The maximum absolute atomic E-state index is 14.8. The Morgan fingerprint density at radius 1 is 1.34 bits per heavy atom. The summed E-state index contributed by atoms with van der Waals surface area (Å²) in [6.07, 6.45) is 8.15. The van der Waals surface area contributed by atoms with Crippen molar-refractivity contribution in [3.05, 3.63) is 71.1 Å². The highest BCUT2D eigenvalue weighted by Gasteiger charge is 2.57. The Bertz CT molecular complexity index is 1060. The molecule has 188 valence electrons. The third-order valence-corrected chi connectivity index (χ3v) is 6.51. The van der Waals surface area contributed by atoms with E-state index in [1.54, 1.807) is 25.1 Å². The second kappa shape index (κ2) is 12.9. The van der Waals surface area contributed by atoms with Gasteiger partial charge in [0.25, 0.3) is 0 Å². The summed E-state index contributed by atoms with van der Waals surface area (Å²) in [5, 5.41) is 18.9. The van der Waals surface area contributed by atoms with Crippen LogP contribution in [0.5, 0.6) is 0 Å². The monoisotopic (exact) mass is 478 g/mol. The van der Waals surface area contributed by atoms with Gasteiger partial charge in [-0.3, -0.25) is 4.99 Å². The number of nitrogens with one attached hydrogen (secondary N) is 3. The molecule has 3 N–H and O–H groups in total. The summed E-state index contributed by atoms with van der Waals surface area (Å²) >= 11 is 0. The molecule has 7 heteroatoms. The molecule has 1 saturated carbocycles. The average Bonchev–Trinajstić information content (AvgIpc) is 3.59. The maximum Gasteiger partial charge on any atom is 0.130 e. The molecule has 2 heterocycles. The Kier molecular flexibility index (Phi) is 10.3. The molecular formula is C28H39FN6. The molecule has 0 bridgehead atoms. The zero-order valence-corrected chi connectivity index (χ0v) is 21.9. The molecule has 0 amide bonds. The highest BCUT2D eigenvalue weighted by molar-refractivity contribution is 5.82. The number of amidine groups is 1. The molecule has 1 aliphatic heterocycles. The van der Waals surface area contributed by atoms with Gasteiger partial charge in [-0.25, -0.2) is 9.37 Å². The number of nitriles is 1. The lowest BCUT2D eigenvalue weighted by molar-refractivity contribution is 0.497. The summed E-state index contributed by atoms with van der Waals surface area (Å²) < 4.78 is 14.8. The van der Waals surface area contributed by atoms with Crippen LogP contribution in [0.4, 0.5) is 10.2 Å². The fourth-order valence-electron chi connectivity index (χ4n) is 3.95. The van der Waals surface area contributed by atoms with E-state index < -0.39 is 0 Å². The largest absolute Gasteiger partial charge is 0.385 e. The first-order chi connectivity index (χ1) is 16.7. The number of halogens is 1. The number of nitrogens with zero attached hydrogens (tertiary/aromatic N) is 3. The Hall–Kier alpha value is -3.40. The van der Waals surface area contributed by atoms with Crippen LogP contribution in [0.1, 0.15) is 66.4 Å². The van der Waals surface area contributed by atoms with Crippen LogP contribution in [0.25, 0.3) is 0 Å². The molecule has 0 radical (unpaired) electrons. The Labute approximate surface area is 209 Å². The van der Waals surface area contributed by atoms with Crippen molar-refractivity contribution >= 4 is 11.7 Å².